The predicted octanol–water partition coefficient (Wildman–Crippen LogP) is 0.169. The Morgan fingerprint density at radius 2 is 2.11 bits per heavy atom. The van der Waals surface area contributed by atoms with Crippen molar-refractivity contribution in [1.29, 1.82) is 0 Å². The number of hydrogen-bond donors (Lipinski definition) is 3. The van der Waals surface area contributed by atoms with Gasteiger partial charge in [-0.25, -0.2) is 4.79 Å². The molecule has 1 atom stereocenters. The van der Waals surface area contributed by atoms with E-state index in [1.165, 1.54) is 0 Å². The van der Waals surface area contributed by atoms with Gasteiger partial charge in [0.1, 0.15) is 0 Å². The second kappa shape index (κ2) is 8.35. The van der Waals surface area contributed by atoms with Gasteiger partial charge in [0.15, 0.2) is 0 Å². The third-order valence-corrected chi connectivity index (χ3v) is 3.38. The molecule has 6 heteroatoms. The second-order valence-corrected chi connectivity index (χ2v) is 5.30. The van der Waals surface area contributed by atoms with E-state index in [0.717, 1.165) is 45.7 Å². The van der Waals surface area contributed by atoms with Crippen molar-refractivity contribution >= 4 is 6.03 Å². The zero-order valence-electron chi connectivity index (χ0n) is 12.1. The maximum atomic E-state index is 11.8. The van der Waals surface area contributed by atoms with Gasteiger partial charge in [-0.15, -0.1) is 0 Å². The molecule has 19 heavy (non-hydrogen) atoms. The number of amides is 2. The molecule has 0 saturated carbocycles. The SMILES string of the molecule is CCCC(C)(CO)NC(=O)NCCN1CCOCC1. The van der Waals surface area contributed by atoms with Crippen LogP contribution in [0.2, 0.25) is 0 Å². The maximum absolute atomic E-state index is 11.8. The van der Waals surface area contributed by atoms with Crippen LogP contribution in [-0.2, 0) is 4.74 Å². The van der Waals surface area contributed by atoms with Crippen LogP contribution in [0.25, 0.3) is 0 Å². The summed E-state index contributed by atoms with van der Waals surface area (Å²) in [5.74, 6) is 0. The number of urea groups is 1. The highest BCUT2D eigenvalue weighted by Crippen LogP contribution is 2.10. The van der Waals surface area contributed by atoms with Gasteiger partial charge in [-0.3, -0.25) is 4.90 Å². The first kappa shape index (κ1) is 16.2. The van der Waals surface area contributed by atoms with Crippen LogP contribution >= 0.6 is 0 Å². The zero-order valence-corrected chi connectivity index (χ0v) is 12.1. The first-order valence-electron chi connectivity index (χ1n) is 7.06. The molecule has 3 N–H and O–H groups in total. The van der Waals surface area contributed by atoms with Crippen LogP contribution in [0.5, 0.6) is 0 Å². The molecule has 6 nitrogen and oxygen atoms in total. The number of carbonyl (C=O) groups excluding carboxylic acids is 1. The summed E-state index contributed by atoms with van der Waals surface area (Å²) < 4.78 is 5.27. The number of morpholine rings is 1. The molecule has 0 aliphatic carbocycles. The quantitative estimate of drug-likeness (QED) is 0.618. The highest BCUT2D eigenvalue weighted by Gasteiger charge is 2.24. The number of nitrogens with zero attached hydrogens (tertiary/aromatic N) is 1. The molecule has 112 valence electrons. The Kier molecular flexibility index (Phi) is 7.12. The van der Waals surface area contributed by atoms with Crippen molar-refractivity contribution in [3.8, 4) is 0 Å². The fourth-order valence-electron chi connectivity index (χ4n) is 2.20. The van der Waals surface area contributed by atoms with Crippen LogP contribution in [0.1, 0.15) is 26.7 Å². The van der Waals surface area contributed by atoms with E-state index >= 15 is 0 Å². The Morgan fingerprint density at radius 3 is 2.68 bits per heavy atom. The summed E-state index contributed by atoms with van der Waals surface area (Å²) in [5, 5.41) is 15.0. The van der Waals surface area contributed by atoms with Gasteiger partial charge >= 0.3 is 6.03 Å². The highest BCUT2D eigenvalue weighted by molar-refractivity contribution is 5.74. The van der Waals surface area contributed by atoms with Crippen molar-refractivity contribution in [3.05, 3.63) is 0 Å². The Balaban J connectivity index is 2.19. The Morgan fingerprint density at radius 1 is 1.42 bits per heavy atom. The van der Waals surface area contributed by atoms with E-state index in [-0.39, 0.29) is 12.6 Å². The molecule has 2 amide bonds. The molecule has 0 bridgehead atoms. The smallest absolute Gasteiger partial charge is 0.315 e. The Bertz CT molecular complexity index is 270. The normalized spacial score (nSPS) is 19.7. The summed E-state index contributed by atoms with van der Waals surface area (Å²) in [6.45, 7) is 8.68. The second-order valence-electron chi connectivity index (χ2n) is 5.30. The summed E-state index contributed by atoms with van der Waals surface area (Å²) in [4.78, 5) is 14.0. The van der Waals surface area contributed by atoms with E-state index in [1.807, 2.05) is 13.8 Å². The lowest BCUT2D eigenvalue weighted by Gasteiger charge is -2.29. The number of nitrogens with one attached hydrogen (secondary N) is 2. The van der Waals surface area contributed by atoms with Gasteiger partial charge in [-0.05, 0) is 13.3 Å². The van der Waals surface area contributed by atoms with E-state index in [0.29, 0.717) is 6.54 Å². The summed E-state index contributed by atoms with van der Waals surface area (Å²) in [6.07, 6.45) is 1.69. The van der Waals surface area contributed by atoms with Gasteiger partial charge in [0.05, 0.1) is 25.4 Å². The first-order valence-corrected chi connectivity index (χ1v) is 7.06. The van der Waals surface area contributed by atoms with Gasteiger partial charge in [0, 0.05) is 26.2 Å². The maximum Gasteiger partial charge on any atom is 0.315 e. The first-order chi connectivity index (χ1) is 9.09. The van der Waals surface area contributed by atoms with Crippen LogP contribution in [-0.4, -0.2) is 67.6 Å². The molecule has 1 aliphatic rings. The van der Waals surface area contributed by atoms with Crippen LogP contribution in [0.4, 0.5) is 4.79 Å². The molecular formula is C13H27N3O3. The minimum atomic E-state index is -0.530. The van der Waals surface area contributed by atoms with Crippen molar-refractivity contribution < 1.29 is 14.6 Å². The van der Waals surface area contributed by atoms with Gasteiger partial charge in [-0.2, -0.15) is 0 Å². The summed E-state index contributed by atoms with van der Waals surface area (Å²) in [5.41, 5.74) is -0.530. The van der Waals surface area contributed by atoms with Crippen molar-refractivity contribution in [3.63, 3.8) is 0 Å². The molecule has 1 heterocycles. The van der Waals surface area contributed by atoms with Crippen LogP contribution < -0.4 is 10.6 Å². The Labute approximate surface area is 115 Å². The third kappa shape index (κ3) is 6.22. The van der Waals surface area contributed by atoms with Crippen molar-refractivity contribution in [2.24, 2.45) is 0 Å². The molecule has 1 rings (SSSR count). The molecule has 0 aromatic carbocycles. The monoisotopic (exact) mass is 273 g/mol. The molecule has 0 aromatic heterocycles. The number of rotatable bonds is 7. The van der Waals surface area contributed by atoms with Crippen molar-refractivity contribution in [1.82, 2.24) is 15.5 Å². The Hall–Kier alpha value is -0.850. The molecule has 0 spiro atoms. The zero-order chi connectivity index (χ0) is 14.1. The van der Waals surface area contributed by atoms with Gasteiger partial charge in [0.2, 0.25) is 0 Å². The molecule has 1 unspecified atom stereocenters. The summed E-state index contributed by atoms with van der Waals surface area (Å²) in [7, 11) is 0. The average molecular weight is 273 g/mol. The molecule has 0 radical (unpaired) electrons. The van der Waals surface area contributed by atoms with Crippen LogP contribution in [0, 0.1) is 0 Å². The van der Waals surface area contributed by atoms with E-state index in [4.69, 9.17) is 4.74 Å². The van der Waals surface area contributed by atoms with Crippen LogP contribution in [0.15, 0.2) is 0 Å². The fourth-order valence-corrected chi connectivity index (χ4v) is 2.20. The van der Waals surface area contributed by atoms with Gasteiger partial charge in [0.25, 0.3) is 0 Å². The number of aliphatic hydroxyl groups excluding tert-OH is 1. The van der Waals surface area contributed by atoms with Crippen molar-refractivity contribution in [2.75, 3.05) is 46.0 Å². The van der Waals surface area contributed by atoms with E-state index in [9.17, 15) is 9.90 Å². The lowest BCUT2D eigenvalue weighted by molar-refractivity contribution is 0.0387. The van der Waals surface area contributed by atoms with E-state index in [1.54, 1.807) is 0 Å². The van der Waals surface area contributed by atoms with E-state index in [2.05, 4.69) is 15.5 Å². The molecule has 1 saturated heterocycles. The molecule has 0 aromatic rings. The van der Waals surface area contributed by atoms with Gasteiger partial charge in [-0.1, -0.05) is 13.3 Å². The minimum Gasteiger partial charge on any atom is -0.394 e. The third-order valence-electron chi connectivity index (χ3n) is 3.38. The topological polar surface area (TPSA) is 73.8 Å². The predicted molar refractivity (Wildman–Crippen MR) is 74.2 cm³/mol. The number of aliphatic hydroxyl groups is 1. The van der Waals surface area contributed by atoms with E-state index < -0.39 is 5.54 Å². The average Bonchev–Trinajstić information content (AvgIpc) is 2.40. The standard InChI is InChI=1S/C13H27N3O3/c1-3-4-13(2,11-17)15-12(18)14-5-6-16-7-9-19-10-8-16/h17H,3-11H2,1-2H3,(H2,14,15,18). The lowest BCUT2D eigenvalue weighted by atomic mass is 9.98. The van der Waals surface area contributed by atoms with Gasteiger partial charge < -0.3 is 20.5 Å². The summed E-state index contributed by atoms with van der Waals surface area (Å²) in [6, 6.07) is -0.210. The molecular weight excluding hydrogens is 246 g/mol. The lowest BCUT2D eigenvalue weighted by Crippen LogP contribution is -2.53. The molecule has 1 aliphatic heterocycles. The molecule has 1 fully saturated rings. The highest BCUT2D eigenvalue weighted by atomic mass is 16.5. The number of hydrogen-bond acceptors (Lipinski definition) is 4. The van der Waals surface area contributed by atoms with Crippen LogP contribution in [0.3, 0.4) is 0 Å². The largest absolute Gasteiger partial charge is 0.394 e. The number of ether oxygens (including phenoxy) is 1. The number of carbonyl (C=O) groups is 1. The summed E-state index contributed by atoms with van der Waals surface area (Å²) >= 11 is 0. The van der Waals surface area contributed by atoms with Crippen molar-refractivity contribution in [2.45, 2.75) is 32.2 Å². The minimum absolute atomic E-state index is 0.0439. The fraction of sp³-hybridized carbons (Fsp3) is 0.923.